The monoisotopic (exact) mass is 206 g/mol. The summed E-state index contributed by atoms with van der Waals surface area (Å²) < 4.78 is 4.45. The zero-order valence-corrected chi connectivity index (χ0v) is 8.19. The lowest BCUT2D eigenvalue weighted by Gasteiger charge is -2.18. The average molecular weight is 206 g/mol. The molecule has 0 amide bonds. The van der Waals surface area contributed by atoms with Gasteiger partial charge in [-0.2, -0.15) is 0 Å². The lowest BCUT2D eigenvalue weighted by Crippen LogP contribution is -2.41. The zero-order chi connectivity index (χ0) is 11.1. The van der Waals surface area contributed by atoms with Crippen molar-refractivity contribution in [3.05, 3.63) is 35.4 Å². The van der Waals surface area contributed by atoms with Gasteiger partial charge in [0.2, 0.25) is 5.60 Å². The van der Waals surface area contributed by atoms with Crippen molar-refractivity contribution in [1.29, 1.82) is 0 Å². The first kappa shape index (κ1) is 9.86. The van der Waals surface area contributed by atoms with Gasteiger partial charge >= 0.3 is 5.97 Å². The van der Waals surface area contributed by atoms with E-state index in [2.05, 4.69) is 4.74 Å². The Morgan fingerprint density at radius 1 is 1.47 bits per heavy atom. The molecule has 0 aliphatic heterocycles. The van der Waals surface area contributed by atoms with E-state index in [1.54, 1.807) is 24.3 Å². The number of esters is 1. The summed E-state index contributed by atoms with van der Waals surface area (Å²) in [5.74, 6) is -1.45. The minimum Gasteiger partial charge on any atom is -0.466 e. The smallest absolute Gasteiger partial charge is 0.350 e. The van der Waals surface area contributed by atoms with Gasteiger partial charge in [0.25, 0.3) is 0 Å². The molecule has 0 saturated carbocycles. The summed E-state index contributed by atoms with van der Waals surface area (Å²) in [5, 5.41) is 10.1. The molecule has 1 unspecified atom stereocenters. The molecule has 1 aliphatic carbocycles. The SMILES string of the molecule is COC(=O)C1(O)C(=O)Cc2ccccc21. The van der Waals surface area contributed by atoms with Crippen molar-refractivity contribution < 1.29 is 19.4 Å². The first-order valence-electron chi connectivity index (χ1n) is 4.53. The van der Waals surface area contributed by atoms with Gasteiger partial charge < -0.3 is 9.84 Å². The predicted octanol–water partition coefficient (Wildman–Crippen LogP) is 0.172. The summed E-state index contributed by atoms with van der Waals surface area (Å²) in [6.07, 6.45) is 0.0712. The van der Waals surface area contributed by atoms with Crippen LogP contribution in [0.5, 0.6) is 0 Å². The minimum atomic E-state index is -2.11. The third kappa shape index (κ3) is 1.18. The van der Waals surface area contributed by atoms with Crippen LogP contribution in [0.2, 0.25) is 0 Å². The fourth-order valence-corrected chi connectivity index (χ4v) is 1.85. The average Bonchev–Trinajstić information content (AvgIpc) is 2.52. The van der Waals surface area contributed by atoms with Gasteiger partial charge in [0.1, 0.15) is 0 Å². The molecule has 1 atom stereocenters. The molecule has 1 aromatic carbocycles. The Hall–Kier alpha value is -1.68. The van der Waals surface area contributed by atoms with Gasteiger partial charge in [-0.05, 0) is 5.56 Å². The number of carbonyl (C=O) groups excluding carboxylic acids is 2. The normalized spacial score (nSPS) is 23.7. The Morgan fingerprint density at radius 2 is 2.13 bits per heavy atom. The van der Waals surface area contributed by atoms with Crippen LogP contribution in [0.1, 0.15) is 11.1 Å². The lowest BCUT2D eigenvalue weighted by molar-refractivity contribution is -0.168. The van der Waals surface area contributed by atoms with Crippen LogP contribution in [0.15, 0.2) is 24.3 Å². The Kier molecular flexibility index (Phi) is 2.08. The molecule has 0 heterocycles. The molecule has 0 bridgehead atoms. The summed E-state index contributed by atoms with van der Waals surface area (Å²) in [5.41, 5.74) is -1.09. The molecule has 0 spiro atoms. The van der Waals surface area contributed by atoms with Crippen molar-refractivity contribution in [2.24, 2.45) is 0 Å². The highest BCUT2D eigenvalue weighted by atomic mass is 16.5. The molecule has 4 nitrogen and oxygen atoms in total. The first-order valence-corrected chi connectivity index (χ1v) is 4.53. The van der Waals surface area contributed by atoms with Crippen LogP contribution < -0.4 is 0 Å². The highest BCUT2D eigenvalue weighted by Crippen LogP contribution is 2.34. The second-order valence-electron chi connectivity index (χ2n) is 3.46. The Morgan fingerprint density at radius 3 is 2.80 bits per heavy atom. The van der Waals surface area contributed by atoms with E-state index in [4.69, 9.17) is 0 Å². The van der Waals surface area contributed by atoms with Gasteiger partial charge in [-0.1, -0.05) is 24.3 Å². The Bertz CT molecular complexity index is 428. The van der Waals surface area contributed by atoms with Crippen molar-refractivity contribution in [3.63, 3.8) is 0 Å². The quantitative estimate of drug-likeness (QED) is 0.525. The predicted molar refractivity (Wildman–Crippen MR) is 51.1 cm³/mol. The topological polar surface area (TPSA) is 63.6 Å². The minimum absolute atomic E-state index is 0.0712. The number of hydrogen-bond acceptors (Lipinski definition) is 4. The second kappa shape index (κ2) is 3.17. The van der Waals surface area contributed by atoms with E-state index in [1.165, 1.54) is 0 Å². The Balaban J connectivity index is 2.59. The third-order valence-electron chi connectivity index (χ3n) is 2.64. The fourth-order valence-electron chi connectivity index (χ4n) is 1.85. The molecule has 15 heavy (non-hydrogen) atoms. The number of rotatable bonds is 1. The van der Waals surface area contributed by atoms with E-state index < -0.39 is 17.4 Å². The van der Waals surface area contributed by atoms with Gasteiger partial charge in [-0.15, -0.1) is 0 Å². The van der Waals surface area contributed by atoms with E-state index in [0.29, 0.717) is 11.1 Å². The Labute approximate surface area is 86.5 Å². The van der Waals surface area contributed by atoms with Crippen LogP contribution >= 0.6 is 0 Å². The maximum Gasteiger partial charge on any atom is 0.350 e. The van der Waals surface area contributed by atoms with Crippen molar-refractivity contribution in [2.75, 3.05) is 7.11 Å². The second-order valence-corrected chi connectivity index (χ2v) is 3.46. The summed E-state index contributed by atoms with van der Waals surface area (Å²) in [6.45, 7) is 0. The molecule has 4 heteroatoms. The molecule has 1 aromatic rings. The molecule has 0 radical (unpaired) electrons. The molecule has 78 valence electrons. The number of hydrogen-bond donors (Lipinski definition) is 1. The summed E-state index contributed by atoms with van der Waals surface area (Å²) in [6, 6.07) is 6.71. The highest BCUT2D eigenvalue weighted by Gasteiger charge is 2.51. The molecule has 0 saturated heterocycles. The molecule has 0 fully saturated rings. The van der Waals surface area contributed by atoms with E-state index in [-0.39, 0.29) is 6.42 Å². The van der Waals surface area contributed by atoms with Gasteiger partial charge in [0.15, 0.2) is 5.78 Å². The molecular weight excluding hydrogens is 196 g/mol. The number of ketones is 1. The summed E-state index contributed by atoms with van der Waals surface area (Å²) >= 11 is 0. The number of fused-ring (bicyclic) bond motifs is 1. The van der Waals surface area contributed by atoms with Gasteiger partial charge in [-0.3, -0.25) is 4.79 Å². The largest absolute Gasteiger partial charge is 0.466 e. The fraction of sp³-hybridized carbons (Fsp3) is 0.273. The van der Waals surface area contributed by atoms with Gasteiger partial charge in [0.05, 0.1) is 7.11 Å². The number of benzene rings is 1. The first-order chi connectivity index (χ1) is 7.10. The van der Waals surface area contributed by atoms with E-state index >= 15 is 0 Å². The van der Waals surface area contributed by atoms with Crippen LogP contribution in [0.25, 0.3) is 0 Å². The van der Waals surface area contributed by atoms with Crippen molar-refractivity contribution in [2.45, 2.75) is 12.0 Å². The number of methoxy groups -OCH3 is 1. The molecule has 2 rings (SSSR count). The number of ether oxygens (including phenoxy) is 1. The van der Waals surface area contributed by atoms with Crippen molar-refractivity contribution in [3.8, 4) is 0 Å². The molecular formula is C11H10O4. The zero-order valence-electron chi connectivity index (χ0n) is 8.19. The van der Waals surface area contributed by atoms with E-state index in [0.717, 1.165) is 7.11 Å². The van der Waals surface area contributed by atoms with Gasteiger partial charge in [0, 0.05) is 12.0 Å². The number of aliphatic hydroxyl groups is 1. The maximum atomic E-state index is 11.6. The number of carbonyl (C=O) groups is 2. The molecule has 0 aromatic heterocycles. The van der Waals surface area contributed by atoms with E-state index in [1.807, 2.05) is 0 Å². The van der Waals surface area contributed by atoms with Crippen molar-refractivity contribution in [1.82, 2.24) is 0 Å². The summed E-state index contributed by atoms with van der Waals surface area (Å²) in [7, 11) is 1.15. The van der Waals surface area contributed by atoms with E-state index in [9.17, 15) is 14.7 Å². The van der Waals surface area contributed by atoms with Crippen molar-refractivity contribution >= 4 is 11.8 Å². The van der Waals surface area contributed by atoms with Crippen LogP contribution in [0, 0.1) is 0 Å². The van der Waals surface area contributed by atoms with Crippen LogP contribution in [0.3, 0.4) is 0 Å². The molecule has 1 aliphatic rings. The third-order valence-corrected chi connectivity index (χ3v) is 2.64. The molecule has 1 N–H and O–H groups in total. The van der Waals surface area contributed by atoms with Crippen LogP contribution in [0.4, 0.5) is 0 Å². The van der Waals surface area contributed by atoms with Crippen LogP contribution in [-0.2, 0) is 26.3 Å². The van der Waals surface area contributed by atoms with Crippen LogP contribution in [-0.4, -0.2) is 24.0 Å². The maximum absolute atomic E-state index is 11.6. The highest BCUT2D eigenvalue weighted by molar-refractivity contribution is 6.11. The number of Topliss-reactive ketones (excluding diaryl/α,β-unsaturated/α-hetero) is 1. The van der Waals surface area contributed by atoms with Gasteiger partial charge in [-0.25, -0.2) is 4.79 Å². The standard InChI is InChI=1S/C11H10O4/c1-15-10(13)11(14)8-5-3-2-4-7(8)6-9(11)12/h2-5,14H,6H2,1H3. The summed E-state index contributed by atoms with van der Waals surface area (Å²) in [4.78, 5) is 23.0. The lowest BCUT2D eigenvalue weighted by atomic mass is 9.95.